The van der Waals surface area contributed by atoms with E-state index in [9.17, 15) is 29.1 Å². The van der Waals surface area contributed by atoms with Crippen LogP contribution in [0.1, 0.15) is 112 Å². The number of carboxylic acid groups (broad SMARTS) is 1. The second-order valence-corrected chi connectivity index (χ2v) is 13.7. The van der Waals surface area contributed by atoms with Gasteiger partial charge in [0.15, 0.2) is 0 Å². The highest BCUT2D eigenvalue weighted by molar-refractivity contribution is 5.91. The maximum atomic E-state index is 14.2. The van der Waals surface area contributed by atoms with E-state index in [0.29, 0.717) is 32.2 Å². The molecule has 0 bridgehead atoms. The molecule has 2 saturated heterocycles. The van der Waals surface area contributed by atoms with Crippen LogP contribution in [0.4, 0.5) is 0 Å². The van der Waals surface area contributed by atoms with Gasteiger partial charge < -0.3 is 40.3 Å². The number of nitrogens with zero attached hydrogens (tertiary/aromatic N) is 2. The summed E-state index contributed by atoms with van der Waals surface area (Å²) in [6, 6.07) is -1.98. The average Bonchev–Trinajstić information content (AvgIpc) is 3.56. The minimum absolute atomic E-state index is 0.0391. The van der Waals surface area contributed by atoms with Gasteiger partial charge in [-0.3, -0.25) is 24.0 Å². The minimum Gasteiger partial charge on any atom is -0.481 e. The Hall–Kier alpha value is -2.77. The highest BCUT2D eigenvalue weighted by Crippen LogP contribution is 2.29. The van der Waals surface area contributed by atoms with Gasteiger partial charge >= 0.3 is 5.97 Å². The monoisotopic (exact) mass is 697 g/mol. The number of rotatable bonds is 13. The lowest BCUT2D eigenvalue weighted by Gasteiger charge is -2.38. The third-order valence-corrected chi connectivity index (χ3v) is 9.98. The van der Waals surface area contributed by atoms with Crippen LogP contribution in [0.25, 0.3) is 0 Å². The van der Waals surface area contributed by atoms with Crippen molar-refractivity contribution >= 4 is 29.6 Å². The van der Waals surface area contributed by atoms with Crippen LogP contribution in [0, 0.1) is 11.8 Å². The number of ether oxygens (including phenoxy) is 2. The van der Waals surface area contributed by atoms with E-state index in [0.717, 1.165) is 38.5 Å². The first-order valence-electron chi connectivity index (χ1n) is 18.4. The topological polar surface area (TPSA) is 167 Å². The summed E-state index contributed by atoms with van der Waals surface area (Å²) < 4.78 is 11.4. The Labute approximate surface area is 295 Å². The fourth-order valence-corrected chi connectivity index (χ4v) is 6.81. The van der Waals surface area contributed by atoms with Gasteiger partial charge in [0.1, 0.15) is 6.04 Å². The van der Waals surface area contributed by atoms with Gasteiger partial charge in [0.05, 0.1) is 49.2 Å². The normalized spacial score (nSPS) is 24.3. The van der Waals surface area contributed by atoms with Crippen LogP contribution in [0.2, 0.25) is 0 Å². The van der Waals surface area contributed by atoms with E-state index in [1.165, 1.54) is 25.5 Å². The summed E-state index contributed by atoms with van der Waals surface area (Å²) in [4.78, 5) is 68.5. The lowest BCUT2D eigenvalue weighted by Crippen LogP contribution is -2.57. The third-order valence-electron chi connectivity index (χ3n) is 9.98. The summed E-state index contributed by atoms with van der Waals surface area (Å²) in [7, 11) is 6.33. The largest absolute Gasteiger partial charge is 0.481 e. The summed E-state index contributed by atoms with van der Waals surface area (Å²) >= 11 is 0. The van der Waals surface area contributed by atoms with Crippen LogP contribution in [0.3, 0.4) is 0 Å². The van der Waals surface area contributed by atoms with Crippen LogP contribution in [-0.4, -0.2) is 122 Å². The van der Waals surface area contributed by atoms with Gasteiger partial charge in [0.25, 0.3) is 0 Å². The van der Waals surface area contributed by atoms with Crippen LogP contribution in [-0.2, 0) is 33.4 Å². The number of aliphatic carboxylic acids is 1. The Morgan fingerprint density at radius 3 is 2.12 bits per heavy atom. The predicted octanol–water partition coefficient (Wildman–Crippen LogP) is 3.34. The number of nitrogens with one attached hydrogen (secondary N) is 3. The molecule has 0 aromatic carbocycles. The average molecular weight is 698 g/mol. The number of hydrogen-bond donors (Lipinski definition) is 4. The van der Waals surface area contributed by atoms with Crippen molar-refractivity contribution in [3.63, 3.8) is 0 Å². The molecule has 0 radical (unpaired) electrons. The number of carbonyl (C=O) groups is 5. The summed E-state index contributed by atoms with van der Waals surface area (Å²) in [5.74, 6) is -2.76. The smallest absolute Gasteiger partial charge is 0.306 e. The van der Waals surface area contributed by atoms with E-state index < -0.39 is 36.2 Å². The second kappa shape index (κ2) is 23.6. The first-order chi connectivity index (χ1) is 23.3. The SMILES string of the molecule is CCC.CCC(C)C(NC(=O)C(C)C(OC)C1CCCN1C(=O)C1CCCCCCCC(NC)C(=O)NCC(=O)N1C)C(CC(=O)O)OC. The molecule has 2 fully saturated rings. The zero-order valence-electron chi connectivity index (χ0n) is 31.7. The molecule has 0 aromatic rings. The molecule has 4 amide bonds. The number of hydrogen-bond acceptors (Lipinski definition) is 8. The van der Waals surface area contributed by atoms with Crippen LogP contribution >= 0.6 is 0 Å². The van der Waals surface area contributed by atoms with E-state index in [1.54, 1.807) is 25.9 Å². The van der Waals surface area contributed by atoms with Crippen LogP contribution in [0.5, 0.6) is 0 Å². The van der Waals surface area contributed by atoms with Gasteiger partial charge in [0, 0.05) is 27.8 Å². The maximum Gasteiger partial charge on any atom is 0.306 e. The summed E-state index contributed by atoms with van der Waals surface area (Å²) in [6.45, 7) is 10.2. The molecule has 0 aliphatic carbocycles. The first kappa shape index (κ1) is 44.3. The van der Waals surface area contributed by atoms with Gasteiger partial charge in [-0.2, -0.15) is 0 Å². The maximum absolute atomic E-state index is 14.2. The molecule has 4 N–H and O–H groups in total. The van der Waals surface area contributed by atoms with Crippen molar-refractivity contribution in [2.75, 3.05) is 41.4 Å². The quantitative estimate of drug-likeness (QED) is 0.226. The van der Waals surface area contributed by atoms with Crippen molar-refractivity contribution in [3.05, 3.63) is 0 Å². The number of carbonyl (C=O) groups excluding carboxylic acids is 4. The standard InChI is InChI=1S/C33H59N5O8.C3H8/c1-8-21(2)29(26(45-6)19-28(40)41)36-31(42)22(3)30(46-7)24-17-14-18-38(24)33(44)25-16-13-11-9-10-12-15-23(34-4)32(43)35-20-27(39)37(25)5;1-3-2/h21-26,29-30,34H,8-20H2,1-7H3,(H,35,43)(H,36,42)(H,40,41);3H2,1-2H3. The fourth-order valence-electron chi connectivity index (χ4n) is 6.81. The van der Waals surface area contributed by atoms with Crippen molar-refractivity contribution in [1.82, 2.24) is 25.8 Å². The van der Waals surface area contributed by atoms with E-state index in [1.807, 2.05) is 13.8 Å². The predicted molar refractivity (Wildman–Crippen MR) is 190 cm³/mol. The molecular formula is C36H67N5O8. The van der Waals surface area contributed by atoms with E-state index in [2.05, 4.69) is 29.8 Å². The first-order valence-corrected chi connectivity index (χ1v) is 18.4. The highest BCUT2D eigenvalue weighted by Gasteiger charge is 2.43. The lowest BCUT2D eigenvalue weighted by molar-refractivity contribution is -0.149. The molecule has 2 aliphatic heterocycles. The highest BCUT2D eigenvalue weighted by atomic mass is 16.5. The van der Waals surface area contributed by atoms with Crippen molar-refractivity contribution in [2.24, 2.45) is 11.8 Å². The molecule has 0 spiro atoms. The Kier molecular flexibility index (Phi) is 21.3. The Balaban J connectivity index is 0.00000385. The summed E-state index contributed by atoms with van der Waals surface area (Å²) in [5.41, 5.74) is 0. The Bertz CT molecular complexity index is 1030. The summed E-state index contributed by atoms with van der Waals surface area (Å²) in [5, 5.41) is 18.2. The van der Waals surface area contributed by atoms with Gasteiger partial charge in [-0.25, -0.2) is 0 Å². The van der Waals surface area contributed by atoms with Crippen molar-refractivity contribution < 1.29 is 38.6 Å². The van der Waals surface area contributed by atoms with Gasteiger partial charge in [-0.05, 0) is 38.6 Å². The van der Waals surface area contributed by atoms with Crippen LogP contribution in [0.15, 0.2) is 0 Å². The zero-order valence-corrected chi connectivity index (χ0v) is 31.7. The molecule has 8 atom stereocenters. The van der Waals surface area contributed by atoms with Crippen molar-refractivity contribution in [1.29, 1.82) is 0 Å². The molecule has 0 saturated carbocycles. The van der Waals surface area contributed by atoms with E-state index in [-0.39, 0.29) is 54.6 Å². The molecule has 13 nitrogen and oxygen atoms in total. The van der Waals surface area contributed by atoms with E-state index in [4.69, 9.17) is 9.47 Å². The molecule has 2 heterocycles. The summed E-state index contributed by atoms with van der Waals surface area (Å²) in [6.07, 6.45) is 7.55. The number of carboxylic acids is 1. The molecule has 8 unspecified atom stereocenters. The van der Waals surface area contributed by atoms with E-state index >= 15 is 0 Å². The molecule has 49 heavy (non-hydrogen) atoms. The molecule has 13 heteroatoms. The minimum atomic E-state index is -1.01. The lowest BCUT2D eigenvalue weighted by atomic mass is 9.90. The number of likely N-dealkylation sites (tertiary alicyclic amines) is 1. The number of amides is 4. The molecule has 0 aromatic heterocycles. The second-order valence-electron chi connectivity index (χ2n) is 13.7. The Morgan fingerprint density at radius 1 is 0.959 bits per heavy atom. The van der Waals surface area contributed by atoms with Gasteiger partial charge in [-0.15, -0.1) is 0 Å². The van der Waals surface area contributed by atoms with Crippen LogP contribution < -0.4 is 16.0 Å². The zero-order chi connectivity index (χ0) is 37.1. The number of likely N-dealkylation sites (N-methyl/N-ethyl adjacent to an activating group) is 2. The van der Waals surface area contributed by atoms with Crippen molar-refractivity contribution in [3.8, 4) is 0 Å². The Morgan fingerprint density at radius 2 is 1.57 bits per heavy atom. The van der Waals surface area contributed by atoms with Gasteiger partial charge in [-0.1, -0.05) is 79.6 Å². The van der Waals surface area contributed by atoms with Gasteiger partial charge in [0.2, 0.25) is 23.6 Å². The van der Waals surface area contributed by atoms with Crippen molar-refractivity contribution in [2.45, 2.75) is 148 Å². The molecular weight excluding hydrogens is 630 g/mol. The molecule has 284 valence electrons. The third kappa shape index (κ3) is 13.8. The molecule has 2 aliphatic rings. The number of methoxy groups -OCH3 is 2. The molecule has 2 rings (SSSR count). The fraction of sp³-hybridized carbons (Fsp3) is 0.861.